The van der Waals surface area contributed by atoms with E-state index in [0.717, 1.165) is 16.6 Å². The first-order valence-electron chi connectivity index (χ1n) is 5.15. The van der Waals surface area contributed by atoms with E-state index in [-0.39, 0.29) is 6.04 Å². The number of rotatable bonds is 2. The van der Waals surface area contributed by atoms with Crippen LogP contribution in [0.4, 0.5) is 0 Å². The average Bonchev–Trinajstić information content (AvgIpc) is 2.86. The van der Waals surface area contributed by atoms with Crippen LogP contribution in [-0.4, -0.2) is 34.6 Å². The van der Waals surface area contributed by atoms with Gasteiger partial charge in [0.15, 0.2) is 11.9 Å². The van der Waals surface area contributed by atoms with Crippen molar-refractivity contribution in [2.75, 3.05) is 0 Å². The van der Waals surface area contributed by atoms with Crippen molar-refractivity contribution in [1.82, 2.24) is 4.98 Å². The summed E-state index contributed by atoms with van der Waals surface area (Å²) in [5.41, 5.74) is 1.17. The van der Waals surface area contributed by atoms with E-state index in [4.69, 9.17) is 0 Å². The Bertz CT molecular complexity index is 532. The second-order valence-electron chi connectivity index (χ2n) is 3.52. The van der Waals surface area contributed by atoms with E-state index < -0.39 is 0 Å². The second-order valence-corrected chi connectivity index (χ2v) is 4.51. The highest BCUT2D eigenvalue weighted by Crippen LogP contribution is 2.21. The summed E-state index contributed by atoms with van der Waals surface area (Å²) >= 11 is 1.65. The molecule has 6 heteroatoms. The molecule has 2 aliphatic heterocycles. The van der Waals surface area contributed by atoms with Gasteiger partial charge in [0, 0.05) is 18.1 Å². The zero-order valence-electron chi connectivity index (χ0n) is 8.89. The molecular formula is C11H9N5S. The molecule has 1 aromatic heterocycles. The first kappa shape index (κ1) is 10.3. The summed E-state index contributed by atoms with van der Waals surface area (Å²) in [7, 11) is 0. The number of hydrogen-bond acceptors (Lipinski definition) is 6. The molecule has 3 rings (SSSR count). The van der Waals surface area contributed by atoms with Crippen molar-refractivity contribution < 1.29 is 0 Å². The molecule has 1 atom stereocenters. The van der Waals surface area contributed by atoms with Crippen molar-refractivity contribution in [3.8, 4) is 0 Å². The van der Waals surface area contributed by atoms with Crippen LogP contribution in [0.3, 0.4) is 0 Å². The molecule has 0 spiro atoms. The fourth-order valence-corrected chi connectivity index (χ4v) is 2.48. The lowest BCUT2D eigenvalue weighted by atomic mass is 10.3. The third kappa shape index (κ3) is 2.16. The number of fused-ring (bicyclic) bond motifs is 1. The van der Waals surface area contributed by atoms with Gasteiger partial charge in [0.25, 0.3) is 0 Å². The highest BCUT2D eigenvalue weighted by Gasteiger charge is 2.26. The summed E-state index contributed by atoms with van der Waals surface area (Å²) in [5, 5.41) is 0.941. The van der Waals surface area contributed by atoms with Gasteiger partial charge in [0.05, 0.1) is 0 Å². The minimum atomic E-state index is -0.0957. The third-order valence-corrected chi connectivity index (χ3v) is 3.47. The molecular weight excluding hydrogens is 234 g/mol. The fourth-order valence-electron chi connectivity index (χ4n) is 1.55. The van der Waals surface area contributed by atoms with Crippen molar-refractivity contribution in [2.24, 2.45) is 20.0 Å². The Morgan fingerprint density at radius 2 is 2.24 bits per heavy atom. The minimum Gasteiger partial charge on any atom is -0.264 e. The summed E-state index contributed by atoms with van der Waals surface area (Å²) in [6.45, 7) is 0. The molecule has 0 aliphatic carbocycles. The molecule has 0 aromatic carbocycles. The monoisotopic (exact) mass is 243 g/mol. The van der Waals surface area contributed by atoms with Crippen LogP contribution in [0.5, 0.6) is 0 Å². The molecule has 0 N–H and O–H groups in total. The molecule has 1 unspecified atom stereocenters. The smallest absolute Gasteiger partial charge is 0.163 e. The topological polar surface area (TPSA) is 62.3 Å². The first-order valence-corrected chi connectivity index (χ1v) is 6.13. The molecule has 0 bridgehead atoms. The molecule has 3 heterocycles. The van der Waals surface area contributed by atoms with E-state index in [1.165, 1.54) is 11.9 Å². The highest BCUT2D eigenvalue weighted by molar-refractivity contribution is 8.13. The Labute approximate surface area is 103 Å². The average molecular weight is 243 g/mol. The predicted molar refractivity (Wildman–Crippen MR) is 71.2 cm³/mol. The lowest BCUT2D eigenvalue weighted by Gasteiger charge is -2.13. The Morgan fingerprint density at radius 1 is 1.24 bits per heavy atom. The van der Waals surface area contributed by atoms with E-state index in [1.807, 2.05) is 18.3 Å². The molecule has 17 heavy (non-hydrogen) atoms. The van der Waals surface area contributed by atoms with Crippen LogP contribution >= 0.6 is 11.8 Å². The molecule has 2 aliphatic rings. The molecule has 84 valence electrons. The maximum atomic E-state index is 4.26. The maximum absolute atomic E-state index is 4.26. The van der Waals surface area contributed by atoms with Gasteiger partial charge in [0.1, 0.15) is 17.7 Å². The molecule has 1 aromatic rings. The number of hydrogen-bond donors (Lipinski definition) is 0. The van der Waals surface area contributed by atoms with E-state index in [0.29, 0.717) is 0 Å². The van der Waals surface area contributed by atoms with Crippen LogP contribution < -0.4 is 0 Å². The van der Waals surface area contributed by atoms with Crippen molar-refractivity contribution in [3.63, 3.8) is 0 Å². The standard InChI is InChI=1S/C11H9N5S/c1-2-8(4-12-3-1)5-17-11-9-10(14-6-13-9)15-7-16-11/h1-4,6-7,9H,5H2. The summed E-state index contributed by atoms with van der Waals surface area (Å²) in [4.78, 5) is 20.8. The quantitative estimate of drug-likeness (QED) is 0.791. The summed E-state index contributed by atoms with van der Waals surface area (Å²) in [5.74, 6) is 1.56. The summed E-state index contributed by atoms with van der Waals surface area (Å²) < 4.78 is 0. The van der Waals surface area contributed by atoms with E-state index in [9.17, 15) is 0 Å². The lowest BCUT2D eigenvalue weighted by molar-refractivity contribution is 1.16. The Hall–Kier alpha value is -1.82. The van der Waals surface area contributed by atoms with Gasteiger partial charge in [-0.1, -0.05) is 6.07 Å². The second kappa shape index (κ2) is 4.58. The number of aromatic nitrogens is 1. The van der Waals surface area contributed by atoms with E-state index in [1.54, 1.807) is 24.3 Å². The zero-order chi connectivity index (χ0) is 11.5. The fraction of sp³-hybridized carbons (Fsp3) is 0.182. The summed E-state index contributed by atoms with van der Waals surface area (Å²) in [6, 6.07) is 3.88. The van der Waals surface area contributed by atoms with Crippen LogP contribution in [0, 0.1) is 0 Å². The van der Waals surface area contributed by atoms with Crippen molar-refractivity contribution >= 4 is 35.3 Å². The van der Waals surface area contributed by atoms with Crippen molar-refractivity contribution in [1.29, 1.82) is 0 Å². The molecule has 0 amide bonds. The van der Waals surface area contributed by atoms with E-state index >= 15 is 0 Å². The number of nitrogens with zero attached hydrogens (tertiary/aromatic N) is 5. The zero-order valence-corrected chi connectivity index (χ0v) is 9.71. The van der Waals surface area contributed by atoms with Gasteiger partial charge >= 0.3 is 0 Å². The molecule has 0 radical (unpaired) electrons. The van der Waals surface area contributed by atoms with Crippen molar-refractivity contribution in [2.45, 2.75) is 11.8 Å². The van der Waals surface area contributed by atoms with Gasteiger partial charge in [-0.15, -0.1) is 11.8 Å². The van der Waals surface area contributed by atoms with E-state index in [2.05, 4.69) is 25.0 Å². The number of amidine groups is 1. The largest absolute Gasteiger partial charge is 0.264 e. The summed E-state index contributed by atoms with van der Waals surface area (Å²) in [6.07, 6.45) is 6.71. The number of thioether (sulfide) groups is 1. The van der Waals surface area contributed by atoms with Gasteiger partial charge in [-0.25, -0.2) is 15.0 Å². The molecule has 0 fully saturated rings. The predicted octanol–water partition coefficient (Wildman–Crippen LogP) is 1.56. The van der Waals surface area contributed by atoms with Crippen LogP contribution in [0.25, 0.3) is 0 Å². The van der Waals surface area contributed by atoms with Crippen molar-refractivity contribution in [3.05, 3.63) is 30.1 Å². The normalized spacial score (nSPS) is 21.1. The van der Waals surface area contributed by atoms with Gasteiger partial charge in [-0.2, -0.15) is 0 Å². The highest BCUT2D eigenvalue weighted by atomic mass is 32.2. The SMILES string of the molecule is C1=NC2=NC=NC2C(SCc2cccnc2)=N1. The van der Waals surface area contributed by atoms with Gasteiger partial charge in [0.2, 0.25) is 0 Å². The lowest BCUT2D eigenvalue weighted by Crippen LogP contribution is -2.25. The van der Waals surface area contributed by atoms with Gasteiger partial charge in [-0.3, -0.25) is 9.98 Å². The van der Waals surface area contributed by atoms with Crippen LogP contribution in [0.15, 0.2) is 44.5 Å². The number of aliphatic imine (C=N–C) groups is 4. The molecule has 5 nitrogen and oxygen atoms in total. The Kier molecular flexibility index (Phi) is 2.79. The minimum absolute atomic E-state index is 0.0957. The number of pyridine rings is 1. The molecule has 0 saturated carbocycles. The van der Waals surface area contributed by atoms with Crippen LogP contribution in [-0.2, 0) is 5.75 Å². The van der Waals surface area contributed by atoms with Crippen LogP contribution in [0.1, 0.15) is 5.56 Å². The van der Waals surface area contributed by atoms with Gasteiger partial charge in [-0.05, 0) is 11.6 Å². The van der Waals surface area contributed by atoms with Gasteiger partial charge < -0.3 is 0 Å². The maximum Gasteiger partial charge on any atom is 0.163 e. The Morgan fingerprint density at radius 3 is 3.12 bits per heavy atom. The first-order chi connectivity index (χ1) is 8.43. The Balaban J connectivity index is 1.70. The molecule has 0 saturated heterocycles. The van der Waals surface area contributed by atoms with Crippen LogP contribution in [0.2, 0.25) is 0 Å². The third-order valence-electron chi connectivity index (χ3n) is 2.37.